The molecule has 1 aromatic heterocycles. The number of rotatable bonds is 2. The third kappa shape index (κ3) is 1.29. The van der Waals surface area contributed by atoms with Crippen LogP contribution >= 0.6 is 0 Å². The molecule has 0 saturated carbocycles. The molecule has 0 fully saturated rings. The van der Waals surface area contributed by atoms with Crippen LogP contribution in [0, 0.1) is 0 Å². The molecule has 1 rings (SSSR count). The van der Waals surface area contributed by atoms with Gasteiger partial charge in [-0.2, -0.15) is 0 Å². The average Bonchev–Trinajstić information content (AvgIpc) is 2.43. The first-order valence-corrected chi connectivity index (χ1v) is 3.67. The fraction of sp³-hybridized carbons (Fsp3) is 0.333. The average molecular weight is 135 g/mol. The lowest BCUT2D eigenvalue weighted by Gasteiger charge is -2.03. The van der Waals surface area contributed by atoms with E-state index >= 15 is 0 Å². The van der Waals surface area contributed by atoms with Crippen LogP contribution in [0.4, 0.5) is 0 Å². The van der Waals surface area contributed by atoms with Crippen molar-refractivity contribution in [2.45, 2.75) is 20.3 Å². The minimum atomic E-state index is 1.09. The van der Waals surface area contributed by atoms with E-state index in [9.17, 15) is 0 Å². The number of allylic oxidation sites excluding steroid dienone is 2. The van der Waals surface area contributed by atoms with Crippen molar-refractivity contribution in [3.8, 4) is 0 Å². The van der Waals surface area contributed by atoms with Crippen LogP contribution in [0.2, 0.25) is 0 Å². The van der Waals surface area contributed by atoms with Gasteiger partial charge in [0, 0.05) is 18.1 Å². The lowest BCUT2D eigenvalue weighted by molar-refractivity contribution is 1.02. The Hall–Kier alpha value is -0.980. The summed E-state index contributed by atoms with van der Waals surface area (Å²) in [6.07, 6.45) is 7.36. The summed E-state index contributed by atoms with van der Waals surface area (Å²) in [5, 5.41) is 0. The first-order valence-electron chi connectivity index (χ1n) is 3.67. The van der Waals surface area contributed by atoms with Gasteiger partial charge in [0.25, 0.3) is 0 Å². The number of hydrogen-bond donors (Lipinski definition) is 0. The van der Waals surface area contributed by atoms with Crippen LogP contribution in [0.1, 0.15) is 20.3 Å². The molecule has 0 aliphatic carbocycles. The zero-order valence-corrected chi connectivity index (χ0v) is 6.54. The van der Waals surface area contributed by atoms with Gasteiger partial charge in [-0.05, 0) is 25.5 Å². The molecule has 0 atom stereocenters. The lowest BCUT2D eigenvalue weighted by atomic mass is 10.3. The predicted octanol–water partition coefficient (Wildman–Crippen LogP) is 2.76. The molecular weight excluding hydrogens is 122 g/mol. The molecule has 0 radical (unpaired) electrons. The zero-order valence-electron chi connectivity index (χ0n) is 6.54. The molecule has 1 heterocycles. The molecule has 0 aliphatic heterocycles. The van der Waals surface area contributed by atoms with E-state index in [-0.39, 0.29) is 0 Å². The van der Waals surface area contributed by atoms with Gasteiger partial charge in [0.05, 0.1) is 0 Å². The Labute approximate surface area is 62.0 Å². The van der Waals surface area contributed by atoms with Crippen LogP contribution < -0.4 is 0 Å². The smallest absolute Gasteiger partial charge is 0.0175 e. The van der Waals surface area contributed by atoms with Gasteiger partial charge in [-0.25, -0.2) is 0 Å². The van der Waals surface area contributed by atoms with Gasteiger partial charge in [0.15, 0.2) is 0 Å². The van der Waals surface area contributed by atoms with Crippen molar-refractivity contribution < 1.29 is 0 Å². The molecule has 0 aromatic carbocycles. The van der Waals surface area contributed by atoms with E-state index in [0.29, 0.717) is 0 Å². The van der Waals surface area contributed by atoms with Crippen molar-refractivity contribution in [3.05, 3.63) is 30.6 Å². The zero-order chi connectivity index (χ0) is 7.40. The van der Waals surface area contributed by atoms with Crippen molar-refractivity contribution in [3.63, 3.8) is 0 Å². The van der Waals surface area contributed by atoms with E-state index in [1.165, 1.54) is 5.70 Å². The molecular formula is C9H13N. The minimum Gasteiger partial charge on any atom is -0.328 e. The summed E-state index contributed by atoms with van der Waals surface area (Å²) in [5.41, 5.74) is 1.35. The molecule has 0 amide bonds. The van der Waals surface area contributed by atoms with Crippen molar-refractivity contribution in [1.29, 1.82) is 0 Å². The fourth-order valence-electron chi connectivity index (χ4n) is 1.06. The third-order valence-corrected chi connectivity index (χ3v) is 1.63. The second-order valence-electron chi connectivity index (χ2n) is 2.22. The molecule has 1 aromatic rings. The molecule has 0 spiro atoms. The predicted molar refractivity (Wildman–Crippen MR) is 44.7 cm³/mol. The Morgan fingerprint density at radius 3 is 2.40 bits per heavy atom. The van der Waals surface area contributed by atoms with Gasteiger partial charge >= 0.3 is 0 Å². The summed E-state index contributed by atoms with van der Waals surface area (Å²) in [7, 11) is 0. The van der Waals surface area contributed by atoms with E-state index < -0.39 is 0 Å². The van der Waals surface area contributed by atoms with Crippen molar-refractivity contribution in [2.75, 3.05) is 0 Å². The van der Waals surface area contributed by atoms with Crippen LogP contribution in [-0.2, 0) is 0 Å². The highest BCUT2D eigenvalue weighted by molar-refractivity contribution is 5.43. The monoisotopic (exact) mass is 135 g/mol. The van der Waals surface area contributed by atoms with E-state index in [1.807, 2.05) is 12.1 Å². The van der Waals surface area contributed by atoms with E-state index in [1.54, 1.807) is 0 Å². The molecule has 1 nitrogen and oxygen atoms in total. The maximum atomic E-state index is 2.16. The van der Waals surface area contributed by atoms with Crippen LogP contribution in [0.25, 0.3) is 5.70 Å². The van der Waals surface area contributed by atoms with Gasteiger partial charge < -0.3 is 4.57 Å². The van der Waals surface area contributed by atoms with Crippen LogP contribution in [-0.4, -0.2) is 4.57 Å². The molecule has 0 saturated heterocycles. The highest BCUT2D eigenvalue weighted by Crippen LogP contribution is 2.07. The van der Waals surface area contributed by atoms with Gasteiger partial charge in [-0.3, -0.25) is 0 Å². The summed E-state index contributed by atoms with van der Waals surface area (Å²) in [6.45, 7) is 4.23. The first-order chi connectivity index (χ1) is 4.88. The molecule has 0 N–H and O–H groups in total. The van der Waals surface area contributed by atoms with Gasteiger partial charge in [0.2, 0.25) is 0 Å². The molecule has 10 heavy (non-hydrogen) atoms. The lowest BCUT2D eigenvalue weighted by Crippen LogP contribution is -1.89. The highest BCUT2D eigenvalue weighted by atomic mass is 14.9. The maximum absolute atomic E-state index is 2.16. The Kier molecular flexibility index (Phi) is 2.32. The van der Waals surface area contributed by atoms with Crippen LogP contribution in [0.3, 0.4) is 0 Å². The normalized spacial score (nSPS) is 12.0. The van der Waals surface area contributed by atoms with E-state index in [4.69, 9.17) is 0 Å². The third-order valence-electron chi connectivity index (χ3n) is 1.63. The highest BCUT2D eigenvalue weighted by Gasteiger charge is 1.91. The Balaban J connectivity index is 2.85. The minimum absolute atomic E-state index is 1.09. The molecule has 0 bridgehead atoms. The summed E-state index contributed by atoms with van der Waals surface area (Å²) >= 11 is 0. The van der Waals surface area contributed by atoms with Gasteiger partial charge in [-0.15, -0.1) is 0 Å². The van der Waals surface area contributed by atoms with Gasteiger partial charge in [0.1, 0.15) is 0 Å². The van der Waals surface area contributed by atoms with Gasteiger partial charge in [-0.1, -0.05) is 13.0 Å². The number of nitrogens with zero attached hydrogens (tertiary/aromatic N) is 1. The molecule has 0 aliphatic rings. The summed E-state index contributed by atoms with van der Waals surface area (Å²) < 4.78 is 2.14. The molecule has 54 valence electrons. The second-order valence-corrected chi connectivity index (χ2v) is 2.22. The van der Waals surface area contributed by atoms with Crippen LogP contribution in [0.15, 0.2) is 30.6 Å². The number of aromatic nitrogens is 1. The Morgan fingerprint density at radius 2 is 2.00 bits per heavy atom. The summed E-state index contributed by atoms with van der Waals surface area (Å²) in [4.78, 5) is 0. The second kappa shape index (κ2) is 3.25. The largest absolute Gasteiger partial charge is 0.328 e. The van der Waals surface area contributed by atoms with E-state index in [2.05, 4.69) is 36.9 Å². The van der Waals surface area contributed by atoms with Crippen molar-refractivity contribution >= 4 is 5.70 Å². The fourth-order valence-corrected chi connectivity index (χ4v) is 1.06. The summed E-state index contributed by atoms with van der Waals surface area (Å²) in [5.74, 6) is 0. The maximum Gasteiger partial charge on any atom is 0.0175 e. The Morgan fingerprint density at radius 1 is 1.40 bits per heavy atom. The topological polar surface area (TPSA) is 4.93 Å². The molecule has 1 heteroatoms. The Bertz CT molecular complexity index is 207. The molecule has 0 unspecified atom stereocenters. The van der Waals surface area contributed by atoms with Crippen molar-refractivity contribution in [1.82, 2.24) is 4.57 Å². The van der Waals surface area contributed by atoms with E-state index in [0.717, 1.165) is 6.42 Å². The SMILES string of the molecule is C/C=C(/CC)n1cccc1. The van der Waals surface area contributed by atoms with Crippen LogP contribution in [0.5, 0.6) is 0 Å². The first kappa shape index (κ1) is 7.13. The summed E-state index contributed by atoms with van der Waals surface area (Å²) in [6, 6.07) is 4.08. The van der Waals surface area contributed by atoms with Crippen molar-refractivity contribution in [2.24, 2.45) is 0 Å². The standard InChI is InChI=1S/C9H13N/c1-3-9(4-2)10-7-5-6-8-10/h3,5-8H,4H2,1-2H3/b9-3-. The quantitative estimate of drug-likeness (QED) is 0.587. The number of hydrogen-bond acceptors (Lipinski definition) is 0.